The summed E-state index contributed by atoms with van der Waals surface area (Å²) in [5.74, 6) is 2.22. The van der Waals surface area contributed by atoms with Crippen LogP contribution in [0.15, 0.2) is 40.7 Å². The van der Waals surface area contributed by atoms with E-state index in [1.807, 2.05) is 18.2 Å². The summed E-state index contributed by atoms with van der Waals surface area (Å²) < 4.78 is 16.2. The first-order chi connectivity index (χ1) is 14.2. The highest BCUT2D eigenvalue weighted by Gasteiger charge is 2.23. The molecule has 1 saturated heterocycles. The quantitative estimate of drug-likeness (QED) is 0.302. The molecular formula is C21H31IN4O3S. The molecule has 0 saturated carbocycles. The third kappa shape index (κ3) is 6.73. The Morgan fingerprint density at radius 1 is 1.17 bits per heavy atom. The molecule has 1 unspecified atom stereocenters. The van der Waals surface area contributed by atoms with Gasteiger partial charge in [-0.2, -0.15) is 0 Å². The van der Waals surface area contributed by atoms with E-state index in [-0.39, 0.29) is 24.0 Å². The molecule has 2 heterocycles. The molecule has 166 valence electrons. The summed E-state index contributed by atoms with van der Waals surface area (Å²) in [7, 11) is 5.07. The van der Waals surface area contributed by atoms with Gasteiger partial charge in [-0.25, -0.2) is 0 Å². The number of rotatable bonds is 8. The van der Waals surface area contributed by atoms with Crippen LogP contribution in [0.5, 0.6) is 11.5 Å². The van der Waals surface area contributed by atoms with Gasteiger partial charge in [0.05, 0.1) is 33.5 Å². The lowest BCUT2D eigenvalue weighted by molar-refractivity contribution is 0.0177. The first-order valence-corrected chi connectivity index (χ1v) is 10.6. The maximum Gasteiger partial charge on any atom is 0.191 e. The number of aliphatic imine (C=N–C) groups is 1. The number of halogens is 1. The second kappa shape index (κ2) is 13.0. The third-order valence-electron chi connectivity index (χ3n) is 4.95. The van der Waals surface area contributed by atoms with E-state index in [1.165, 1.54) is 4.88 Å². The standard InChI is InChI=1S/C21H30N4O3S.HI/c1-22-21(23-14-16-6-7-18(26-2)19(13-16)27-3)24-15-17(20-5-4-12-29-20)25-8-10-28-11-9-25;/h4-7,12-13,17H,8-11,14-15H2,1-3H3,(H2,22,23,24);1H. The number of benzene rings is 1. The molecule has 1 aromatic carbocycles. The first kappa shape index (κ1) is 24.7. The number of hydrogen-bond acceptors (Lipinski definition) is 6. The molecule has 7 nitrogen and oxygen atoms in total. The van der Waals surface area contributed by atoms with Crippen molar-refractivity contribution in [1.82, 2.24) is 15.5 Å². The number of guanidine groups is 1. The van der Waals surface area contributed by atoms with Gasteiger partial charge in [-0.3, -0.25) is 9.89 Å². The molecule has 1 fully saturated rings. The van der Waals surface area contributed by atoms with Crippen LogP contribution in [-0.2, 0) is 11.3 Å². The van der Waals surface area contributed by atoms with Gasteiger partial charge in [0.15, 0.2) is 17.5 Å². The Morgan fingerprint density at radius 2 is 1.93 bits per heavy atom. The molecule has 0 aliphatic carbocycles. The number of hydrogen-bond donors (Lipinski definition) is 2. The minimum absolute atomic E-state index is 0. The van der Waals surface area contributed by atoms with Crippen LogP contribution in [-0.4, -0.2) is 65.0 Å². The van der Waals surface area contributed by atoms with Crippen LogP contribution in [0.2, 0.25) is 0 Å². The Balaban J connectivity index is 0.00000320. The summed E-state index contributed by atoms with van der Waals surface area (Å²) in [4.78, 5) is 8.21. The average Bonchev–Trinajstić information content (AvgIpc) is 3.31. The van der Waals surface area contributed by atoms with Crippen LogP contribution >= 0.6 is 35.3 Å². The van der Waals surface area contributed by atoms with Crippen LogP contribution in [0.4, 0.5) is 0 Å². The normalized spacial score (nSPS) is 15.8. The zero-order valence-corrected chi connectivity index (χ0v) is 20.9. The Hall–Kier alpha value is -1.56. The van der Waals surface area contributed by atoms with E-state index >= 15 is 0 Å². The second-order valence-electron chi connectivity index (χ2n) is 6.68. The van der Waals surface area contributed by atoms with Crippen molar-refractivity contribution in [3.8, 4) is 11.5 Å². The van der Waals surface area contributed by atoms with E-state index in [0.717, 1.165) is 55.9 Å². The molecule has 30 heavy (non-hydrogen) atoms. The van der Waals surface area contributed by atoms with Gasteiger partial charge in [0.2, 0.25) is 0 Å². The van der Waals surface area contributed by atoms with Crippen LogP contribution in [0.1, 0.15) is 16.5 Å². The topological polar surface area (TPSA) is 67.4 Å². The molecule has 2 N–H and O–H groups in total. The molecule has 0 spiro atoms. The molecule has 2 aromatic rings. The van der Waals surface area contributed by atoms with Gasteiger partial charge in [-0.15, -0.1) is 35.3 Å². The fraction of sp³-hybridized carbons (Fsp3) is 0.476. The van der Waals surface area contributed by atoms with E-state index < -0.39 is 0 Å². The Labute approximate surface area is 199 Å². The summed E-state index contributed by atoms with van der Waals surface area (Å²) in [5.41, 5.74) is 1.09. The molecular weight excluding hydrogens is 515 g/mol. The molecule has 0 amide bonds. The van der Waals surface area contributed by atoms with Gasteiger partial charge in [-0.05, 0) is 29.1 Å². The maximum absolute atomic E-state index is 5.52. The number of thiophene rings is 1. The number of nitrogens with zero attached hydrogens (tertiary/aromatic N) is 2. The van der Waals surface area contributed by atoms with Gasteiger partial charge >= 0.3 is 0 Å². The molecule has 1 aromatic heterocycles. The Bertz CT molecular complexity index is 783. The average molecular weight is 546 g/mol. The number of methoxy groups -OCH3 is 2. The van der Waals surface area contributed by atoms with Gasteiger partial charge < -0.3 is 24.8 Å². The Kier molecular flexibility index (Phi) is 10.7. The van der Waals surface area contributed by atoms with Crippen LogP contribution in [0, 0.1) is 0 Å². The van der Waals surface area contributed by atoms with Crippen molar-refractivity contribution in [2.24, 2.45) is 4.99 Å². The predicted molar refractivity (Wildman–Crippen MR) is 133 cm³/mol. The number of ether oxygens (including phenoxy) is 3. The fourth-order valence-corrected chi connectivity index (χ4v) is 4.23. The molecule has 1 aliphatic heterocycles. The van der Waals surface area contributed by atoms with Crippen LogP contribution in [0.25, 0.3) is 0 Å². The third-order valence-corrected chi connectivity index (χ3v) is 5.93. The van der Waals surface area contributed by atoms with Crippen molar-refractivity contribution in [1.29, 1.82) is 0 Å². The van der Waals surface area contributed by atoms with Crippen molar-refractivity contribution < 1.29 is 14.2 Å². The van der Waals surface area contributed by atoms with Crippen molar-refractivity contribution in [3.05, 3.63) is 46.2 Å². The Morgan fingerprint density at radius 3 is 2.57 bits per heavy atom. The van der Waals surface area contributed by atoms with Crippen molar-refractivity contribution in [2.45, 2.75) is 12.6 Å². The lowest BCUT2D eigenvalue weighted by Gasteiger charge is -2.34. The molecule has 0 radical (unpaired) electrons. The minimum atomic E-state index is 0. The lowest BCUT2D eigenvalue weighted by Crippen LogP contribution is -2.46. The summed E-state index contributed by atoms with van der Waals surface area (Å²) in [6, 6.07) is 10.5. The zero-order valence-electron chi connectivity index (χ0n) is 17.7. The van der Waals surface area contributed by atoms with Crippen molar-refractivity contribution in [3.63, 3.8) is 0 Å². The molecule has 3 rings (SSSR count). The number of nitrogens with one attached hydrogen (secondary N) is 2. The van der Waals surface area contributed by atoms with Crippen LogP contribution < -0.4 is 20.1 Å². The summed E-state index contributed by atoms with van der Waals surface area (Å²) in [6.45, 7) is 4.89. The summed E-state index contributed by atoms with van der Waals surface area (Å²) >= 11 is 1.79. The van der Waals surface area contributed by atoms with Crippen molar-refractivity contribution >= 4 is 41.3 Å². The molecule has 0 bridgehead atoms. The van der Waals surface area contributed by atoms with E-state index in [1.54, 1.807) is 32.6 Å². The van der Waals surface area contributed by atoms with Crippen LogP contribution in [0.3, 0.4) is 0 Å². The van der Waals surface area contributed by atoms with E-state index in [9.17, 15) is 0 Å². The zero-order chi connectivity index (χ0) is 20.5. The van der Waals surface area contributed by atoms with Gasteiger partial charge in [0.25, 0.3) is 0 Å². The second-order valence-corrected chi connectivity index (χ2v) is 7.65. The monoisotopic (exact) mass is 546 g/mol. The van der Waals surface area contributed by atoms with Gasteiger partial charge in [0.1, 0.15) is 0 Å². The highest BCUT2D eigenvalue weighted by Crippen LogP contribution is 2.27. The SMILES string of the molecule is CN=C(NCc1ccc(OC)c(OC)c1)NCC(c1cccs1)N1CCOCC1.I. The van der Waals surface area contributed by atoms with E-state index in [2.05, 4.69) is 38.0 Å². The maximum atomic E-state index is 5.52. The van der Waals surface area contributed by atoms with E-state index in [0.29, 0.717) is 12.6 Å². The molecule has 9 heteroatoms. The fourth-order valence-electron chi connectivity index (χ4n) is 3.37. The molecule has 1 aliphatic rings. The summed E-state index contributed by atoms with van der Waals surface area (Å²) in [6.07, 6.45) is 0. The largest absolute Gasteiger partial charge is 0.493 e. The predicted octanol–water partition coefficient (Wildman–Crippen LogP) is 3.12. The minimum Gasteiger partial charge on any atom is -0.493 e. The summed E-state index contributed by atoms with van der Waals surface area (Å²) in [5, 5.41) is 9.00. The smallest absolute Gasteiger partial charge is 0.191 e. The first-order valence-electron chi connectivity index (χ1n) is 9.75. The van der Waals surface area contributed by atoms with Gasteiger partial charge in [-0.1, -0.05) is 12.1 Å². The van der Waals surface area contributed by atoms with Gasteiger partial charge in [0, 0.05) is 38.1 Å². The lowest BCUT2D eigenvalue weighted by atomic mass is 10.2. The molecule has 1 atom stereocenters. The highest BCUT2D eigenvalue weighted by atomic mass is 127. The number of morpholine rings is 1. The van der Waals surface area contributed by atoms with Crippen molar-refractivity contribution in [2.75, 3.05) is 54.1 Å². The highest BCUT2D eigenvalue weighted by molar-refractivity contribution is 14.0. The van der Waals surface area contributed by atoms with E-state index in [4.69, 9.17) is 14.2 Å².